The average molecular weight is 254 g/mol. The predicted octanol–water partition coefficient (Wildman–Crippen LogP) is 5.20. The van der Waals surface area contributed by atoms with Gasteiger partial charge in [-0.1, -0.05) is 56.7 Å². The maximum Gasteiger partial charge on any atom is 0.0924 e. The summed E-state index contributed by atoms with van der Waals surface area (Å²) in [5.74, 6) is 0. The van der Waals surface area contributed by atoms with Gasteiger partial charge in [-0.15, -0.1) is 0 Å². The normalized spacial score (nSPS) is 10.1. The van der Waals surface area contributed by atoms with Crippen LogP contribution in [0.1, 0.15) is 27.3 Å². The fourth-order valence-electron chi connectivity index (χ4n) is 2.09. The average Bonchev–Trinajstić information content (AvgIpc) is 2.94. The summed E-state index contributed by atoms with van der Waals surface area (Å²) >= 11 is 0. The number of nitrogens with one attached hydrogen (secondary N) is 1. The van der Waals surface area contributed by atoms with Crippen molar-refractivity contribution in [3.8, 4) is 11.3 Å². The Hall–Kier alpha value is -2.09. The smallest absolute Gasteiger partial charge is 0.0924 e. The van der Waals surface area contributed by atoms with Gasteiger partial charge in [-0.25, -0.2) is 4.98 Å². The van der Waals surface area contributed by atoms with E-state index in [1.165, 1.54) is 28.3 Å². The number of H-pyrrole nitrogens is 1. The number of hydrogen-bond donors (Lipinski definition) is 1. The lowest BCUT2D eigenvalue weighted by Gasteiger charge is -2.06. The molecule has 1 aromatic heterocycles. The molecule has 0 saturated carbocycles. The molecule has 0 aliphatic rings. The third kappa shape index (κ3) is 2.84. The molecule has 1 heterocycles. The third-order valence-electron chi connectivity index (χ3n) is 2.93. The van der Waals surface area contributed by atoms with E-state index >= 15 is 0 Å². The van der Waals surface area contributed by atoms with Crippen LogP contribution in [0, 0.1) is 6.92 Å². The van der Waals surface area contributed by atoms with Crippen molar-refractivity contribution in [2.75, 3.05) is 0 Å². The Morgan fingerprint density at radius 2 is 1.74 bits per heavy atom. The molecule has 1 N–H and O–H groups in total. The van der Waals surface area contributed by atoms with Crippen LogP contribution in [0.4, 0.5) is 0 Å². The van der Waals surface area contributed by atoms with Crippen LogP contribution in [0.25, 0.3) is 22.0 Å². The lowest BCUT2D eigenvalue weighted by molar-refractivity contribution is 1.09. The Labute approximate surface area is 116 Å². The first-order valence-electron chi connectivity index (χ1n) is 6.75. The predicted molar refractivity (Wildman–Crippen MR) is 84.3 cm³/mol. The molecule has 2 heteroatoms. The van der Waals surface area contributed by atoms with Gasteiger partial charge < -0.3 is 4.98 Å². The number of imidazole rings is 1. The molecule has 0 radical (unpaired) electrons. The van der Waals surface area contributed by atoms with Crippen molar-refractivity contribution in [1.82, 2.24) is 9.97 Å². The Morgan fingerprint density at radius 3 is 2.37 bits per heavy atom. The minimum atomic E-state index is 0. The summed E-state index contributed by atoms with van der Waals surface area (Å²) in [6, 6.07) is 12.8. The third-order valence-corrected chi connectivity index (χ3v) is 2.93. The zero-order chi connectivity index (χ0) is 13.7. The molecule has 0 bridgehead atoms. The number of rotatable bonds is 1. The molecule has 2 nitrogen and oxygen atoms in total. The van der Waals surface area contributed by atoms with E-state index in [2.05, 4.69) is 67.1 Å². The second-order valence-electron chi connectivity index (χ2n) is 4.65. The topological polar surface area (TPSA) is 28.7 Å². The van der Waals surface area contributed by atoms with E-state index in [0.29, 0.717) is 0 Å². The van der Waals surface area contributed by atoms with Crippen LogP contribution in [0.3, 0.4) is 0 Å². The molecule has 3 aromatic rings. The molecule has 0 unspecified atom stereocenters. The SMILES string of the molecule is CCC.Cc1ccc(-c2cnc[nH]2)c2ccccc12.[HH]. The molecule has 19 heavy (non-hydrogen) atoms. The quantitative estimate of drug-likeness (QED) is 0.635. The van der Waals surface area contributed by atoms with Crippen LogP contribution in [0.5, 0.6) is 0 Å². The number of aryl methyl sites for hydroxylation is 1. The van der Waals surface area contributed by atoms with Crippen molar-refractivity contribution in [2.24, 2.45) is 0 Å². The number of aromatic nitrogens is 2. The molecular weight excluding hydrogens is 232 g/mol. The minimum Gasteiger partial charge on any atom is -0.345 e. The second kappa shape index (κ2) is 6.19. The van der Waals surface area contributed by atoms with Crippen LogP contribution in [0.15, 0.2) is 48.9 Å². The van der Waals surface area contributed by atoms with Gasteiger partial charge in [-0.05, 0) is 23.3 Å². The van der Waals surface area contributed by atoms with E-state index < -0.39 is 0 Å². The highest BCUT2D eigenvalue weighted by atomic mass is 14.9. The highest BCUT2D eigenvalue weighted by molar-refractivity contribution is 5.97. The molecule has 0 fully saturated rings. The van der Waals surface area contributed by atoms with Crippen LogP contribution < -0.4 is 0 Å². The van der Waals surface area contributed by atoms with Crippen LogP contribution in [-0.2, 0) is 0 Å². The Morgan fingerprint density at radius 1 is 1.05 bits per heavy atom. The largest absolute Gasteiger partial charge is 0.345 e. The molecule has 0 aliphatic heterocycles. The van der Waals surface area contributed by atoms with Gasteiger partial charge in [0.2, 0.25) is 0 Å². The molecule has 0 atom stereocenters. The summed E-state index contributed by atoms with van der Waals surface area (Å²) in [6.45, 7) is 6.39. The molecular formula is C17H22N2. The summed E-state index contributed by atoms with van der Waals surface area (Å²) in [5.41, 5.74) is 3.58. The van der Waals surface area contributed by atoms with Crippen LogP contribution in [-0.4, -0.2) is 9.97 Å². The van der Waals surface area contributed by atoms with Crippen molar-refractivity contribution in [1.29, 1.82) is 0 Å². The van der Waals surface area contributed by atoms with Gasteiger partial charge in [0, 0.05) is 6.99 Å². The highest BCUT2D eigenvalue weighted by Gasteiger charge is 2.05. The van der Waals surface area contributed by atoms with E-state index in [1.807, 2.05) is 6.20 Å². The van der Waals surface area contributed by atoms with Gasteiger partial charge in [0.15, 0.2) is 0 Å². The molecule has 0 aliphatic carbocycles. The molecule has 0 saturated heterocycles. The summed E-state index contributed by atoms with van der Waals surface area (Å²) in [7, 11) is 0. The van der Waals surface area contributed by atoms with Crippen molar-refractivity contribution in [3.63, 3.8) is 0 Å². The number of hydrogen-bond acceptors (Lipinski definition) is 1. The van der Waals surface area contributed by atoms with E-state index in [9.17, 15) is 0 Å². The fraction of sp³-hybridized carbons (Fsp3) is 0.235. The number of fused-ring (bicyclic) bond motifs is 1. The summed E-state index contributed by atoms with van der Waals surface area (Å²) < 4.78 is 0. The molecule has 0 amide bonds. The monoisotopic (exact) mass is 254 g/mol. The lowest BCUT2D eigenvalue weighted by Crippen LogP contribution is -1.84. The number of benzene rings is 2. The highest BCUT2D eigenvalue weighted by Crippen LogP contribution is 2.28. The molecule has 0 spiro atoms. The Bertz CT molecular complexity index is 645. The number of aromatic amines is 1. The van der Waals surface area contributed by atoms with Crippen molar-refractivity contribution < 1.29 is 1.43 Å². The van der Waals surface area contributed by atoms with Crippen molar-refractivity contribution in [2.45, 2.75) is 27.2 Å². The first-order chi connectivity index (χ1) is 9.27. The van der Waals surface area contributed by atoms with Gasteiger partial charge in [-0.3, -0.25) is 0 Å². The molecule has 2 aromatic carbocycles. The van der Waals surface area contributed by atoms with Gasteiger partial charge in [0.25, 0.3) is 0 Å². The summed E-state index contributed by atoms with van der Waals surface area (Å²) in [4.78, 5) is 7.23. The van der Waals surface area contributed by atoms with Crippen LogP contribution in [0.2, 0.25) is 0 Å². The maximum atomic E-state index is 4.07. The minimum absolute atomic E-state index is 0. The van der Waals surface area contributed by atoms with Gasteiger partial charge >= 0.3 is 0 Å². The van der Waals surface area contributed by atoms with E-state index in [1.54, 1.807) is 6.33 Å². The first kappa shape index (κ1) is 13.3. The summed E-state index contributed by atoms with van der Waals surface area (Å²) in [5, 5.41) is 2.57. The van der Waals surface area contributed by atoms with Gasteiger partial charge in [0.1, 0.15) is 0 Å². The van der Waals surface area contributed by atoms with Crippen molar-refractivity contribution in [3.05, 3.63) is 54.5 Å². The fourth-order valence-corrected chi connectivity index (χ4v) is 2.09. The standard InChI is InChI=1S/C14H12N2.C3H8.H2/c1-10-6-7-13(14-8-15-9-16-14)12-5-3-2-4-11(10)12;1-3-2;/h2-9H,1H3,(H,15,16);3H2,1-2H3;1H. The first-order valence-corrected chi connectivity index (χ1v) is 6.75. The zero-order valence-electron chi connectivity index (χ0n) is 11.8. The maximum absolute atomic E-state index is 4.07. The lowest BCUT2D eigenvalue weighted by atomic mass is 9.99. The Balaban J connectivity index is 0.000000462. The molecule has 3 rings (SSSR count). The summed E-state index contributed by atoms with van der Waals surface area (Å²) in [6.07, 6.45) is 4.82. The van der Waals surface area contributed by atoms with E-state index in [0.717, 1.165) is 5.69 Å². The molecule has 100 valence electrons. The second-order valence-corrected chi connectivity index (χ2v) is 4.65. The van der Waals surface area contributed by atoms with E-state index in [4.69, 9.17) is 0 Å². The van der Waals surface area contributed by atoms with Gasteiger partial charge in [-0.2, -0.15) is 0 Å². The number of nitrogens with zero attached hydrogens (tertiary/aromatic N) is 1. The zero-order valence-corrected chi connectivity index (χ0v) is 11.8. The van der Waals surface area contributed by atoms with Crippen molar-refractivity contribution >= 4 is 10.8 Å². The van der Waals surface area contributed by atoms with E-state index in [-0.39, 0.29) is 1.43 Å². The van der Waals surface area contributed by atoms with Gasteiger partial charge in [0.05, 0.1) is 18.2 Å². The Kier molecular flexibility index (Phi) is 4.35. The van der Waals surface area contributed by atoms with Crippen LogP contribution >= 0.6 is 0 Å².